The van der Waals surface area contributed by atoms with Gasteiger partial charge in [-0.05, 0) is 44.6 Å². The third kappa shape index (κ3) is 1.82. The second-order valence-corrected chi connectivity index (χ2v) is 5.26. The zero-order chi connectivity index (χ0) is 10.1. The van der Waals surface area contributed by atoms with Crippen molar-refractivity contribution < 1.29 is 5.11 Å². The summed E-state index contributed by atoms with van der Waals surface area (Å²) in [6.45, 7) is 5.83. The van der Waals surface area contributed by atoms with Crippen LogP contribution in [-0.4, -0.2) is 34.7 Å². The Morgan fingerprint density at radius 1 is 1.14 bits per heavy atom. The molecule has 3 unspecified atom stereocenters. The standard InChI is InChI=1S/C12H23NO/c1-9(2)10-6-4-8-13(10)11-5-3-7-12(11)14/h9-12,14H,3-8H2,1-2H3. The number of rotatable bonds is 2. The van der Waals surface area contributed by atoms with Gasteiger partial charge in [0, 0.05) is 12.1 Å². The third-order valence-corrected chi connectivity index (χ3v) is 3.98. The number of nitrogens with zero attached hydrogens (tertiary/aromatic N) is 1. The van der Waals surface area contributed by atoms with E-state index < -0.39 is 0 Å². The molecular formula is C12H23NO. The smallest absolute Gasteiger partial charge is 0.0695 e. The van der Waals surface area contributed by atoms with Crippen molar-refractivity contribution in [2.75, 3.05) is 6.54 Å². The lowest BCUT2D eigenvalue weighted by molar-refractivity contribution is 0.0513. The van der Waals surface area contributed by atoms with Gasteiger partial charge in [0.05, 0.1) is 6.10 Å². The molecule has 0 spiro atoms. The Morgan fingerprint density at radius 2 is 1.93 bits per heavy atom. The molecule has 0 radical (unpaired) electrons. The Morgan fingerprint density at radius 3 is 2.50 bits per heavy atom. The summed E-state index contributed by atoms with van der Waals surface area (Å²) in [7, 11) is 0. The minimum Gasteiger partial charge on any atom is -0.391 e. The molecule has 0 aromatic heterocycles. The number of aliphatic hydroxyl groups excluding tert-OH is 1. The summed E-state index contributed by atoms with van der Waals surface area (Å²) in [6, 6.07) is 1.21. The molecule has 1 aliphatic heterocycles. The summed E-state index contributed by atoms with van der Waals surface area (Å²) in [4.78, 5) is 2.59. The number of hydrogen-bond donors (Lipinski definition) is 1. The molecule has 0 aromatic carbocycles. The van der Waals surface area contributed by atoms with Crippen LogP contribution in [0.3, 0.4) is 0 Å². The van der Waals surface area contributed by atoms with Crippen LogP contribution in [0.1, 0.15) is 46.0 Å². The van der Waals surface area contributed by atoms with Crippen LogP contribution in [0.5, 0.6) is 0 Å². The van der Waals surface area contributed by atoms with Crippen LogP contribution in [0, 0.1) is 5.92 Å². The highest BCUT2D eigenvalue weighted by molar-refractivity contribution is 4.92. The lowest BCUT2D eigenvalue weighted by Crippen LogP contribution is -2.45. The first-order valence-electron chi connectivity index (χ1n) is 6.14. The van der Waals surface area contributed by atoms with Gasteiger partial charge < -0.3 is 5.11 Å². The minimum atomic E-state index is -0.0469. The van der Waals surface area contributed by atoms with Crippen molar-refractivity contribution in [3.8, 4) is 0 Å². The maximum atomic E-state index is 9.91. The molecule has 1 aliphatic carbocycles. The molecule has 2 heteroatoms. The summed E-state index contributed by atoms with van der Waals surface area (Å²) in [5, 5.41) is 9.91. The van der Waals surface area contributed by atoms with Crippen LogP contribution in [0.15, 0.2) is 0 Å². The van der Waals surface area contributed by atoms with Crippen molar-refractivity contribution in [3.05, 3.63) is 0 Å². The number of hydrogen-bond acceptors (Lipinski definition) is 2. The van der Waals surface area contributed by atoms with Crippen LogP contribution in [0.4, 0.5) is 0 Å². The summed E-state index contributed by atoms with van der Waals surface area (Å²) in [5.41, 5.74) is 0. The van der Waals surface area contributed by atoms with Crippen LogP contribution in [-0.2, 0) is 0 Å². The van der Waals surface area contributed by atoms with E-state index in [1.54, 1.807) is 0 Å². The summed E-state index contributed by atoms with van der Waals surface area (Å²) in [5.74, 6) is 0.741. The summed E-state index contributed by atoms with van der Waals surface area (Å²) < 4.78 is 0. The Bertz CT molecular complexity index is 193. The Balaban J connectivity index is 2.01. The lowest BCUT2D eigenvalue weighted by atomic mass is 10.00. The van der Waals surface area contributed by atoms with Crippen molar-refractivity contribution in [1.29, 1.82) is 0 Å². The average molecular weight is 197 g/mol. The van der Waals surface area contributed by atoms with E-state index in [2.05, 4.69) is 18.7 Å². The Kier molecular flexibility index (Phi) is 3.13. The minimum absolute atomic E-state index is 0.0469. The monoisotopic (exact) mass is 197 g/mol. The fourth-order valence-electron chi connectivity index (χ4n) is 3.25. The van der Waals surface area contributed by atoms with Gasteiger partial charge in [0.1, 0.15) is 0 Å². The van der Waals surface area contributed by atoms with E-state index in [0.717, 1.165) is 18.4 Å². The molecule has 2 rings (SSSR count). The molecule has 2 nitrogen and oxygen atoms in total. The predicted molar refractivity (Wildman–Crippen MR) is 58.2 cm³/mol. The van der Waals surface area contributed by atoms with E-state index in [1.807, 2.05) is 0 Å². The van der Waals surface area contributed by atoms with Crippen LogP contribution in [0.2, 0.25) is 0 Å². The van der Waals surface area contributed by atoms with E-state index in [9.17, 15) is 5.11 Å². The maximum Gasteiger partial charge on any atom is 0.0695 e. The van der Waals surface area contributed by atoms with Gasteiger partial charge in [0.25, 0.3) is 0 Å². The van der Waals surface area contributed by atoms with Gasteiger partial charge in [-0.3, -0.25) is 4.90 Å². The summed E-state index contributed by atoms with van der Waals surface area (Å²) >= 11 is 0. The first kappa shape index (κ1) is 10.4. The van der Waals surface area contributed by atoms with Crippen LogP contribution in [0.25, 0.3) is 0 Å². The molecule has 0 aromatic rings. The molecule has 0 amide bonds. The average Bonchev–Trinajstić information content (AvgIpc) is 2.70. The van der Waals surface area contributed by atoms with E-state index in [0.29, 0.717) is 6.04 Å². The normalized spacial score (nSPS) is 39.9. The van der Waals surface area contributed by atoms with Gasteiger partial charge in [-0.15, -0.1) is 0 Å². The largest absolute Gasteiger partial charge is 0.391 e. The van der Waals surface area contributed by atoms with Crippen molar-refractivity contribution in [1.82, 2.24) is 4.90 Å². The molecule has 82 valence electrons. The highest BCUT2D eigenvalue weighted by Gasteiger charge is 2.37. The fourth-order valence-corrected chi connectivity index (χ4v) is 3.25. The highest BCUT2D eigenvalue weighted by atomic mass is 16.3. The quantitative estimate of drug-likeness (QED) is 0.732. The third-order valence-electron chi connectivity index (χ3n) is 3.98. The van der Waals surface area contributed by atoms with Crippen molar-refractivity contribution in [2.45, 2.75) is 64.1 Å². The van der Waals surface area contributed by atoms with Gasteiger partial charge in [-0.1, -0.05) is 13.8 Å². The molecule has 3 atom stereocenters. The van der Waals surface area contributed by atoms with Crippen LogP contribution < -0.4 is 0 Å². The number of aliphatic hydroxyl groups is 1. The van der Waals surface area contributed by atoms with E-state index in [-0.39, 0.29) is 6.10 Å². The van der Waals surface area contributed by atoms with Gasteiger partial charge in [0.15, 0.2) is 0 Å². The number of likely N-dealkylation sites (tertiary alicyclic amines) is 1. The predicted octanol–water partition coefficient (Wildman–Crippen LogP) is 2.02. The molecule has 1 saturated carbocycles. The fraction of sp³-hybridized carbons (Fsp3) is 1.00. The maximum absolute atomic E-state index is 9.91. The van der Waals surface area contributed by atoms with Gasteiger partial charge >= 0.3 is 0 Å². The lowest BCUT2D eigenvalue weighted by Gasteiger charge is -2.34. The zero-order valence-electron chi connectivity index (χ0n) is 9.45. The molecule has 1 heterocycles. The van der Waals surface area contributed by atoms with Crippen LogP contribution >= 0.6 is 0 Å². The highest BCUT2D eigenvalue weighted by Crippen LogP contribution is 2.32. The molecular weight excluding hydrogens is 174 g/mol. The zero-order valence-corrected chi connectivity index (χ0v) is 9.45. The van der Waals surface area contributed by atoms with Gasteiger partial charge in [-0.2, -0.15) is 0 Å². The molecule has 2 aliphatic rings. The van der Waals surface area contributed by atoms with Crippen molar-refractivity contribution in [3.63, 3.8) is 0 Å². The Hall–Kier alpha value is -0.0800. The molecule has 0 bridgehead atoms. The SMILES string of the molecule is CC(C)C1CCCN1C1CCCC1O. The second-order valence-electron chi connectivity index (χ2n) is 5.26. The molecule has 1 N–H and O–H groups in total. The van der Waals surface area contributed by atoms with Crippen molar-refractivity contribution >= 4 is 0 Å². The first-order valence-corrected chi connectivity index (χ1v) is 6.14. The molecule has 2 fully saturated rings. The van der Waals surface area contributed by atoms with E-state index >= 15 is 0 Å². The summed E-state index contributed by atoms with van der Waals surface area (Å²) in [6.07, 6.45) is 6.06. The molecule has 14 heavy (non-hydrogen) atoms. The molecule has 1 saturated heterocycles. The van der Waals surface area contributed by atoms with E-state index in [4.69, 9.17) is 0 Å². The first-order chi connectivity index (χ1) is 6.70. The van der Waals surface area contributed by atoms with Gasteiger partial charge in [0.2, 0.25) is 0 Å². The Labute approximate surface area is 87.3 Å². The van der Waals surface area contributed by atoms with Gasteiger partial charge in [-0.25, -0.2) is 0 Å². The van der Waals surface area contributed by atoms with Crippen molar-refractivity contribution in [2.24, 2.45) is 5.92 Å². The van der Waals surface area contributed by atoms with E-state index in [1.165, 1.54) is 32.2 Å². The second kappa shape index (κ2) is 4.19. The topological polar surface area (TPSA) is 23.5 Å².